The van der Waals surface area contributed by atoms with E-state index in [0.717, 1.165) is 11.3 Å². The third-order valence-electron chi connectivity index (χ3n) is 1.57. The summed E-state index contributed by atoms with van der Waals surface area (Å²) in [7, 11) is 0. The van der Waals surface area contributed by atoms with E-state index in [1.807, 2.05) is 17.5 Å². The van der Waals surface area contributed by atoms with Gasteiger partial charge in [0.1, 0.15) is 0 Å². The van der Waals surface area contributed by atoms with Crippen molar-refractivity contribution >= 4 is 11.3 Å². The number of thiophene rings is 1. The van der Waals surface area contributed by atoms with Gasteiger partial charge >= 0.3 is 0 Å². The van der Waals surface area contributed by atoms with Crippen molar-refractivity contribution < 1.29 is 5.11 Å². The molecule has 0 aliphatic carbocycles. The molecule has 1 rings (SSSR count). The molecule has 1 N–H and O–H groups in total. The molecule has 1 aromatic rings. The van der Waals surface area contributed by atoms with Crippen LogP contribution in [0.4, 0.5) is 0 Å². The quantitative estimate of drug-likeness (QED) is 0.739. The molecule has 1 aromatic heterocycles. The molecule has 0 saturated heterocycles. The van der Waals surface area contributed by atoms with Gasteiger partial charge in [-0.05, 0) is 23.8 Å². The summed E-state index contributed by atoms with van der Waals surface area (Å²) in [6.07, 6.45) is 0.607. The first-order valence-electron chi connectivity index (χ1n) is 3.91. The molecule has 1 nitrogen and oxygen atoms in total. The Balaban J connectivity index is 2.49. The lowest BCUT2D eigenvalue weighted by Gasteiger charge is -2.10. The van der Waals surface area contributed by atoms with Crippen LogP contribution in [0, 0.1) is 5.92 Å². The van der Waals surface area contributed by atoms with Crippen LogP contribution in [0.3, 0.4) is 0 Å². The third-order valence-corrected chi connectivity index (χ3v) is 2.54. The van der Waals surface area contributed by atoms with Crippen LogP contribution in [-0.2, 0) is 0 Å². The van der Waals surface area contributed by atoms with Crippen LogP contribution in [0.15, 0.2) is 17.5 Å². The molecule has 1 heterocycles. The number of hydrogen-bond donors (Lipinski definition) is 1. The topological polar surface area (TPSA) is 20.2 Å². The van der Waals surface area contributed by atoms with E-state index >= 15 is 0 Å². The smallest absolute Gasteiger partial charge is 0.0884 e. The Labute approximate surface area is 71.7 Å². The second-order valence-electron chi connectivity index (χ2n) is 3.16. The summed E-state index contributed by atoms with van der Waals surface area (Å²) in [6, 6.07) is 3.96. The average Bonchev–Trinajstić information content (AvgIpc) is 2.35. The van der Waals surface area contributed by atoms with E-state index in [-0.39, 0.29) is 6.10 Å². The van der Waals surface area contributed by atoms with Gasteiger partial charge in [-0.3, -0.25) is 0 Å². The second-order valence-corrected chi connectivity index (χ2v) is 4.14. The zero-order valence-corrected chi connectivity index (χ0v) is 7.77. The van der Waals surface area contributed by atoms with Crippen molar-refractivity contribution in [3.05, 3.63) is 22.4 Å². The van der Waals surface area contributed by atoms with Crippen LogP contribution < -0.4 is 0 Å². The van der Waals surface area contributed by atoms with Crippen LogP contribution in [0.2, 0.25) is 0 Å². The average molecular weight is 170 g/mol. The summed E-state index contributed by atoms with van der Waals surface area (Å²) in [5, 5.41) is 11.6. The van der Waals surface area contributed by atoms with Crippen LogP contribution in [0.25, 0.3) is 0 Å². The molecule has 1 unspecified atom stereocenters. The second kappa shape index (κ2) is 3.88. The van der Waals surface area contributed by atoms with Crippen LogP contribution in [0.1, 0.15) is 31.2 Å². The van der Waals surface area contributed by atoms with Crippen LogP contribution in [-0.4, -0.2) is 5.11 Å². The van der Waals surface area contributed by atoms with Gasteiger partial charge in [-0.2, -0.15) is 0 Å². The van der Waals surface area contributed by atoms with E-state index in [4.69, 9.17) is 0 Å². The zero-order chi connectivity index (χ0) is 8.27. The van der Waals surface area contributed by atoms with Gasteiger partial charge in [0.05, 0.1) is 6.10 Å². The van der Waals surface area contributed by atoms with Gasteiger partial charge in [0, 0.05) is 4.88 Å². The maximum atomic E-state index is 9.59. The van der Waals surface area contributed by atoms with Gasteiger partial charge < -0.3 is 5.11 Å². The largest absolute Gasteiger partial charge is 0.388 e. The highest BCUT2D eigenvalue weighted by molar-refractivity contribution is 7.10. The van der Waals surface area contributed by atoms with Crippen molar-refractivity contribution in [3.8, 4) is 0 Å². The fourth-order valence-corrected chi connectivity index (χ4v) is 1.77. The molecule has 2 heteroatoms. The highest BCUT2D eigenvalue weighted by Gasteiger charge is 2.09. The molecule has 0 saturated carbocycles. The van der Waals surface area contributed by atoms with E-state index in [1.54, 1.807) is 11.3 Å². The highest BCUT2D eigenvalue weighted by Crippen LogP contribution is 2.24. The Morgan fingerprint density at radius 2 is 2.27 bits per heavy atom. The highest BCUT2D eigenvalue weighted by atomic mass is 32.1. The van der Waals surface area contributed by atoms with E-state index in [9.17, 15) is 5.11 Å². The van der Waals surface area contributed by atoms with Crippen molar-refractivity contribution in [3.63, 3.8) is 0 Å². The molecule has 0 aliphatic rings. The van der Waals surface area contributed by atoms with Gasteiger partial charge in [0.2, 0.25) is 0 Å². The summed E-state index contributed by atoms with van der Waals surface area (Å²) >= 11 is 1.62. The fourth-order valence-electron chi connectivity index (χ4n) is 1.04. The lowest BCUT2D eigenvalue weighted by atomic mass is 10.1. The normalized spacial score (nSPS) is 13.8. The Kier molecular flexibility index (Phi) is 3.09. The monoisotopic (exact) mass is 170 g/mol. The molecule has 1 atom stereocenters. The molecule has 0 spiro atoms. The standard InChI is InChI=1S/C9H14OS/c1-7(2)6-8(10)9-4-3-5-11-9/h3-5,7-8,10H,6H2,1-2H3. The van der Waals surface area contributed by atoms with Gasteiger partial charge in [0.15, 0.2) is 0 Å². The molecular weight excluding hydrogens is 156 g/mol. The molecule has 0 aromatic carbocycles. The van der Waals surface area contributed by atoms with Gasteiger partial charge in [-0.15, -0.1) is 11.3 Å². The maximum Gasteiger partial charge on any atom is 0.0884 e. The first-order valence-corrected chi connectivity index (χ1v) is 4.79. The summed E-state index contributed by atoms with van der Waals surface area (Å²) < 4.78 is 0. The Morgan fingerprint density at radius 3 is 2.73 bits per heavy atom. The Hall–Kier alpha value is -0.340. The van der Waals surface area contributed by atoms with Crippen LogP contribution in [0.5, 0.6) is 0 Å². The lowest BCUT2D eigenvalue weighted by molar-refractivity contribution is 0.154. The summed E-state index contributed by atoms with van der Waals surface area (Å²) in [5.41, 5.74) is 0. The fraction of sp³-hybridized carbons (Fsp3) is 0.556. The first-order chi connectivity index (χ1) is 5.20. The molecular formula is C9H14OS. The summed E-state index contributed by atoms with van der Waals surface area (Å²) in [6.45, 7) is 4.24. The first kappa shape index (κ1) is 8.75. The van der Waals surface area contributed by atoms with Crippen molar-refractivity contribution in [2.45, 2.75) is 26.4 Å². The SMILES string of the molecule is CC(C)CC(O)c1cccs1. The molecule has 11 heavy (non-hydrogen) atoms. The van der Waals surface area contributed by atoms with Crippen molar-refractivity contribution in [1.29, 1.82) is 0 Å². The van der Waals surface area contributed by atoms with E-state index in [2.05, 4.69) is 13.8 Å². The number of aliphatic hydroxyl groups excluding tert-OH is 1. The third kappa shape index (κ3) is 2.64. The molecule has 0 amide bonds. The minimum Gasteiger partial charge on any atom is -0.388 e. The number of aliphatic hydroxyl groups is 1. The predicted octanol–water partition coefficient (Wildman–Crippen LogP) is 2.83. The summed E-state index contributed by atoms with van der Waals surface area (Å²) in [4.78, 5) is 1.08. The Bertz CT molecular complexity index is 191. The van der Waals surface area contributed by atoms with Crippen molar-refractivity contribution in [2.75, 3.05) is 0 Å². The molecule has 62 valence electrons. The predicted molar refractivity (Wildman–Crippen MR) is 48.7 cm³/mol. The number of rotatable bonds is 3. The zero-order valence-electron chi connectivity index (χ0n) is 6.95. The van der Waals surface area contributed by atoms with Gasteiger partial charge in [-0.25, -0.2) is 0 Å². The minimum atomic E-state index is -0.255. The van der Waals surface area contributed by atoms with Crippen molar-refractivity contribution in [2.24, 2.45) is 5.92 Å². The maximum absolute atomic E-state index is 9.59. The van der Waals surface area contributed by atoms with E-state index < -0.39 is 0 Å². The minimum absolute atomic E-state index is 0.255. The lowest BCUT2D eigenvalue weighted by Crippen LogP contribution is -1.99. The Morgan fingerprint density at radius 1 is 1.55 bits per heavy atom. The molecule has 0 fully saturated rings. The summed E-state index contributed by atoms with van der Waals surface area (Å²) in [5.74, 6) is 0.562. The van der Waals surface area contributed by atoms with Crippen LogP contribution >= 0.6 is 11.3 Å². The van der Waals surface area contributed by atoms with E-state index in [1.165, 1.54) is 0 Å². The number of hydrogen-bond acceptors (Lipinski definition) is 2. The molecule has 0 aliphatic heterocycles. The van der Waals surface area contributed by atoms with Gasteiger partial charge in [-0.1, -0.05) is 19.9 Å². The molecule has 0 radical (unpaired) electrons. The molecule has 0 bridgehead atoms. The van der Waals surface area contributed by atoms with E-state index in [0.29, 0.717) is 5.92 Å². The van der Waals surface area contributed by atoms with Crippen molar-refractivity contribution in [1.82, 2.24) is 0 Å². The van der Waals surface area contributed by atoms with Gasteiger partial charge in [0.25, 0.3) is 0 Å².